The number of ether oxygens (including phenoxy) is 4. The van der Waals surface area contributed by atoms with Gasteiger partial charge in [-0.15, -0.1) is 0 Å². The van der Waals surface area contributed by atoms with E-state index in [0.29, 0.717) is 6.42 Å². The predicted octanol–water partition coefficient (Wildman–Crippen LogP) is 1.25. The van der Waals surface area contributed by atoms with Gasteiger partial charge in [-0.25, -0.2) is 9.59 Å². The minimum atomic E-state index is -0.665. The van der Waals surface area contributed by atoms with E-state index in [-0.39, 0.29) is 35.9 Å². The third-order valence-corrected chi connectivity index (χ3v) is 4.69. The van der Waals surface area contributed by atoms with Gasteiger partial charge >= 0.3 is 11.9 Å². The van der Waals surface area contributed by atoms with Crippen molar-refractivity contribution < 1.29 is 38.1 Å². The van der Waals surface area contributed by atoms with E-state index >= 15 is 0 Å². The van der Waals surface area contributed by atoms with Gasteiger partial charge in [-0.05, 0) is 36.4 Å². The maximum Gasteiger partial charge on any atom is 0.343 e. The summed E-state index contributed by atoms with van der Waals surface area (Å²) in [5, 5.41) is 2.60. The summed E-state index contributed by atoms with van der Waals surface area (Å²) in [5.74, 6) is -1.99. The van der Waals surface area contributed by atoms with Gasteiger partial charge in [0, 0.05) is 20.0 Å². The van der Waals surface area contributed by atoms with Crippen LogP contribution in [0.15, 0.2) is 42.1 Å². The molecule has 1 aromatic rings. The van der Waals surface area contributed by atoms with E-state index in [1.54, 1.807) is 0 Å². The van der Waals surface area contributed by atoms with Gasteiger partial charge in [-0.1, -0.05) is 12.1 Å². The number of hydrogen-bond acceptors (Lipinski definition) is 9. The summed E-state index contributed by atoms with van der Waals surface area (Å²) in [6, 6.07) is 4.49. The predicted molar refractivity (Wildman–Crippen MR) is 118 cm³/mol. The van der Waals surface area contributed by atoms with Gasteiger partial charge in [0.25, 0.3) is 0 Å². The van der Waals surface area contributed by atoms with E-state index in [0.717, 1.165) is 12.1 Å². The van der Waals surface area contributed by atoms with Crippen molar-refractivity contribution in [2.24, 2.45) is 0 Å². The number of nitrogens with one attached hydrogen (secondary N) is 1. The molecule has 1 amide bonds. The smallest absolute Gasteiger partial charge is 0.343 e. The number of ketones is 1. The van der Waals surface area contributed by atoms with Gasteiger partial charge in [0.2, 0.25) is 5.91 Å². The van der Waals surface area contributed by atoms with Crippen molar-refractivity contribution in [3.8, 4) is 11.5 Å². The van der Waals surface area contributed by atoms with Crippen LogP contribution in [0, 0.1) is 0 Å². The zero-order valence-corrected chi connectivity index (χ0v) is 18.9. The monoisotopic (exact) mass is 460 g/mol. The molecule has 0 spiro atoms. The summed E-state index contributed by atoms with van der Waals surface area (Å²) in [6.07, 6.45) is 6.74. The molecule has 33 heavy (non-hydrogen) atoms. The van der Waals surface area contributed by atoms with Crippen LogP contribution in [0.3, 0.4) is 0 Å². The molecule has 0 atom stereocenters. The molecule has 0 saturated carbocycles. The van der Waals surface area contributed by atoms with Gasteiger partial charge in [-0.2, -0.15) is 0 Å². The Kier molecular flexibility index (Phi) is 9.94. The highest BCUT2D eigenvalue weighted by Gasteiger charge is 2.20. The van der Waals surface area contributed by atoms with Crippen molar-refractivity contribution in [2.45, 2.75) is 12.8 Å². The fourth-order valence-corrected chi connectivity index (χ4v) is 2.80. The molecular formula is C23H28N2O8. The molecule has 0 unspecified atom stereocenters. The number of allylic oxidation sites excluding steroid dienone is 2. The summed E-state index contributed by atoms with van der Waals surface area (Å²) >= 11 is 0. The largest absolute Gasteiger partial charge is 0.478 e. The second kappa shape index (κ2) is 12.9. The number of nitrogens with zero attached hydrogens (tertiary/aromatic N) is 1. The van der Waals surface area contributed by atoms with E-state index in [9.17, 15) is 19.2 Å². The molecule has 2 rings (SSSR count). The number of carbonyl (C=O) groups is 4. The zero-order valence-electron chi connectivity index (χ0n) is 18.9. The van der Waals surface area contributed by atoms with Crippen LogP contribution in [0.4, 0.5) is 0 Å². The summed E-state index contributed by atoms with van der Waals surface area (Å²) in [6.45, 7) is -0.376. The average molecular weight is 460 g/mol. The van der Waals surface area contributed by atoms with Gasteiger partial charge < -0.3 is 29.2 Å². The molecule has 1 aliphatic heterocycles. The molecule has 0 bridgehead atoms. The third-order valence-electron chi connectivity index (χ3n) is 4.69. The Hall–Kier alpha value is -3.82. The van der Waals surface area contributed by atoms with E-state index < -0.39 is 30.9 Å². The van der Waals surface area contributed by atoms with Crippen LogP contribution < -0.4 is 14.8 Å². The van der Waals surface area contributed by atoms with E-state index in [1.807, 2.05) is 30.3 Å². The van der Waals surface area contributed by atoms with Crippen molar-refractivity contribution in [1.82, 2.24) is 10.2 Å². The number of Topliss-reactive ketones (excluding diaryl/α,β-unsaturated/α-hetero) is 1. The fourth-order valence-electron chi connectivity index (χ4n) is 2.80. The van der Waals surface area contributed by atoms with Gasteiger partial charge in [-0.3, -0.25) is 9.59 Å². The lowest BCUT2D eigenvalue weighted by Gasteiger charge is -2.17. The summed E-state index contributed by atoms with van der Waals surface area (Å²) < 4.78 is 19.9. The molecule has 0 radical (unpaired) electrons. The number of amides is 1. The Morgan fingerprint density at radius 1 is 1.03 bits per heavy atom. The standard InChI is InChI=1S/C23H28N2O8/c1-25-11-9-16(10-12-25)7-8-20(27)24-13-18(26)17-5-4-6-19(32-14-21(28)30-2)23(17)33-15-22(29)31-3/h4-6,9-11H,7-8,12-15H2,1-3H3,(H,24,27). The molecule has 10 nitrogen and oxygen atoms in total. The molecule has 0 aromatic heterocycles. The zero-order chi connectivity index (χ0) is 24.2. The number of benzene rings is 1. The number of para-hydroxylation sites is 1. The number of methoxy groups -OCH3 is 2. The van der Waals surface area contributed by atoms with E-state index in [2.05, 4.69) is 14.8 Å². The van der Waals surface area contributed by atoms with Crippen LogP contribution in [0.5, 0.6) is 11.5 Å². The van der Waals surface area contributed by atoms with E-state index in [1.165, 1.54) is 32.4 Å². The molecule has 10 heteroatoms. The van der Waals surface area contributed by atoms with Gasteiger partial charge in [0.1, 0.15) is 0 Å². The number of hydrogen-bond donors (Lipinski definition) is 1. The Labute approximate surface area is 192 Å². The molecule has 0 fully saturated rings. The summed E-state index contributed by atoms with van der Waals surface area (Å²) in [7, 11) is 4.37. The second-order valence-corrected chi connectivity index (χ2v) is 7.10. The molecule has 1 aliphatic rings. The van der Waals surface area contributed by atoms with Gasteiger partial charge in [0.15, 0.2) is 30.5 Å². The van der Waals surface area contributed by atoms with Crippen LogP contribution in [-0.2, 0) is 23.9 Å². The summed E-state index contributed by atoms with van der Waals surface area (Å²) in [5.41, 5.74) is 1.14. The SMILES string of the molecule is COC(=O)COc1cccc(C(=O)CNC(=O)CCC2=CCN(C)C=C2)c1OCC(=O)OC. The Balaban J connectivity index is 2.02. The topological polar surface area (TPSA) is 120 Å². The van der Waals surface area contributed by atoms with Crippen molar-refractivity contribution >= 4 is 23.6 Å². The van der Waals surface area contributed by atoms with Gasteiger partial charge in [0.05, 0.1) is 26.3 Å². The molecule has 1 N–H and O–H groups in total. The summed E-state index contributed by atoms with van der Waals surface area (Å²) in [4.78, 5) is 49.9. The molecular weight excluding hydrogens is 432 g/mol. The molecule has 0 saturated heterocycles. The fraction of sp³-hybridized carbons (Fsp3) is 0.391. The molecule has 0 aliphatic carbocycles. The molecule has 1 aromatic carbocycles. The molecule has 1 heterocycles. The minimum Gasteiger partial charge on any atom is -0.478 e. The van der Waals surface area contributed by atoms with Crippen molar-refractivity contribution in [2.75, 3.05) is 47.6 Å². The highest BCUT2D eigenvalue weighted by molar-refractivity contribution is 6.02. The Morgan fingerprint density at radius 2 is 1.73 bits per heavy atom. The maximum absolute atomic E-state index is 12.8. The first-order chi connectivity index (χ1) is 15.8. The first kappa shape index (κ1) is 25.4. The Bertz CT molecular complexity index is 938. The van der Waals surface area contributed by atoms with Crippen LogP contribution in [-0.4, -0.2) is 76.1 Å². The number of rotatable bonds is 12. The highest BCUT2D eigenvalue weighted by atomic mass is 16.6. The number of esters is 2. The number of carbonyl (C=O) groups excluding carboxylic acids is 4. The minimum absolute atomic E-state index is 0.0346. The normalized spacial score (nSPS) is 12.5. The highest BCUT2D eigenvalue weighted by Crippen LogP contribution is 2.32. The van der Waals surface area contributed by atoms with Crippen LogP contribution >= 0.6 is 0 Å². The third kappa shape index (κ3) is 8.32. The van der Waals surface area contributed by atoms with Crippen LogP contribution in [0.1, 0.15) is 23.2 Å². The first-order valence-electron chi connectivity index (χ1n) is 10.2. The van der Waals surface area contributed by atoms with E-state index in [4.69, 9.17) is 9.47 Å². The van der Waals surface area contributed by atoms with Crippen molar-refractivity contribution in [3.05, 3.63) is 47.7 Å². The lowest BCUT2D eigenvalue weighted by molar-refractivity contribution is -0.144. The lowest BCUT2D eigenvalue weighted by atomic mass is 10.1. The lowest BCUT2D eigenvalue weighted by Crippen LogP contribution is -2.30. The average Bonchev–Trinajstić information content (AvgIpc) is 2.83. The second-order valence-electron chi connectivity index (χ2n) is 7.10. The maximum atomic E-state index is 12.8. The van der Waals surface area contributed by atoms with Crippen molar-refractivity contribution in [3.63, 3.8) is 0 Å². The molecule has 178 valence electrons. The quantitative estimate of drug-likeness (QED) is 0.363. The number of likely N-dealkylation sites (N-methyl/N-ethyl adjacent to an activating group) is 1. The van der Waals surface area contributed by atoms with Crippen molar-refractivity contribution in [1.29, 1.82) is 0 Å². The first-order valence-corrected chi connectivity index (χ1v) is 10.2. The van der Waals surface area contributed by atoms with Crippen LogP contribution in [0.2, 0.25) is 0 Å². The Morgan fingerprint density at radius 3 is 2.36 bits per heavy atom. The van der Waals surface area contributed by atoms with Crippen LogP contribution in [0.25, 0.3) is 0 Å².